The van der Waals surface area contributed by atoms with Gasteiger partial charge in [0.15, 0.2) is 5.78 Å². The minimum atomic E-state index is 0.232. The van der Waals surface area contributed by atoms with Gasteiger partial charge < -0.3 is 4.74 Å². The summed E-state index contributed by atoms with van der Waals surface area (Å²) in [7, 11) is 0. The number of ketones is 1. The summed E-state index contributed by atoms with van der Waals surface area (Å²) in [6, 6.07) is 3.83. The molecule has 86 valence electrons. The quantitative estimate of drug-likeness (QED) is 0.822. The molecule has 0 bridgehead atoms. The van der Waals surface area contributed by atoms with E-state index in [1.165, 1.54) is 0 Å². The normalized spacial score (nSPS) is 19.4. The fraction of sp³-hybridized carbons (Fsp3) is 0.462. The van der Waals surface area contributed by atoms with Crippen LogP contribution >= 0.6 is 15.9 Å². The van der Waals surface area contributed by atoms with Crippen molar-refractivity contribution in [1.29, 1.82) is 0 Å². The van der Waals surface area contributed by atoms with Gasteiger partial charge in [-0.15, -0.1) is 0 Å². The van der Waals surface area contributed by atoms with E-state index < -0.39 is 0 Å². The maximum atomic E-state index is 11.9. The van der Waals surface area contributed by atoms with E-state index in [0.717, 1.165) is 27.8 Å². The maximum absolute atomic E-state index is 11.9. The Bertz CT molecular complexity index is 426. The lowest BCUT2D eigenvalue weighted by atomic mass is 9.83. The lowest BCUT2D eigenvalue weighted by Gasteiger charge is -2.23. The second-order valence-electron chi connectivity index (χ2n) is 4.16. The van der Waals surface area contributed by atoms with Crippen LogP contribution in [0.2, 0.25) is 0 Å². The van der Waals surface area contributed by atoms with E-state index >= 15 is 0 Å². The second kappa shape index (κ2) is 4.58. The number of rotatable bonds is 2. The minimum absolute atomic E-state index is 0.232. The zero-order valence-corrected chi connectivity index (χ0v) is 11.1. The molecule has 2 rings (SSSR count). The molecule has 2 nitrogen and oxygen atoms in total. The smallest absolute Gasteiger partial charge is 0.163 e. The Balaban J connectivity index is 2.52. The van der Waals surface area contributed by atoms with Crippen LogP contribution in [0.1, 0.15) is 48.5 Å². The second-order valence-corrected chi connectivity index (χ2v) is 5.02. The summed E-state index contributed by atoms with van der Waals surface area (Å²) in [5.41, 5.74) is 1.97. The van der Waals surface area contributed by atoms with Crippen molar-refractivity contribution in [2.45, 2.75) is 32.6 Å². The number of carbonyl (C=O) groups excluding carboxylic acids is 1. The predicted octanol–water partition coefficient (Wildman–Crippen LogP) is 3.93. The van der Waals surface area contributed by atoms with E-state index in [1.807, 2.05) is 19.1 Å². The Labute approximate surface area is 104 Å². The van der Waals surface area contributed by atoms with Crippen LogP contribution in [-0.4, -0.2) is 12.4 Å². The topological polar surface area (TPSA) is 26.3 Å². The zero-order valence-electron chi connectivity index (χ0n) is 9.55. The Morgan fingerprint density at radius 2 is 2.25 bits per heavy atom. The number of halogens is 1. The largest absolute Gasteiger partial charge is 0.494 e. The first kappa shape index (κ1) is 11.6. The number of Topliss-reactive ketones (excluding diaryl/α,β-unsaturated/α-hetero) is 1. The third-order valence-electron chi connectivity index (χ3n) is 3.01. The summed E-state index contributed by atoms with van der Waals surface area (Å²) in [5, 5.41) is 0. The summed E-state index contributed by atoms with van der Waals surface area (Å²) in [4.78, 5) is 11.9. The van der Waals surface area contributed by atoms with Gasteiger partial charge in [-0.1, -0.05) is 22.9 Å². The van der Waals surface area contributed by atoms with Gasteiger partial charge in [-0.25, -0.2) is 0 Å². The fourth-order valence-corrected chi connectivity index (χ4v) is 3.03. The number of ether oxygens (including phenoxy) is 1. The molecule has 1 aliphatic carbocycles. The van der Waals surface area contributed by atoms with Crippen LogP contribution in [0.3, 0.4) is 0 Å². The van der Waals surface area contributed by atoms with E-state index in [-0.39, 0.29) is 5.78 Å². The van der Waals surface area contributed by atoms with Gasteiger partial charge in [0, 0.05) is 16.5 Å². The molecule has 0 N–H and O–H groups in total. The molecule has 0 saturated carbocycles. The lowest BCUT2D eigenvalue weighted by molar-refractivity contribution is 0.0967. The van der Waals surface area contributed by atoms with Crippen molar-refractivity contribution < 1.29 is 9.53 Å². The molecule has 16 heavy (non-hydrogen) atoms. The van der Waals surface area contributed by atoms with Crippen LogP contribution in [0.4, 0.5) is 0 Å². The summed E-state index contributed by atoms with van der Waals surface area (Å²) >= 11 is 3.54. The van der Waals surface area contributed by atoms with Gasteiger partial charge in [0.25, 0.3) is 0 Å². The molecule has 1 atom stereocenters. The summed E-state index contributed by atoms with van der Waals surface area (Å²) in [5.74, 6) is 1.45. The molecular formula is C13H15BrO2. The van der Waals surface area contributed by atoms with Crippen LogP contribution in [-0.2, 0) is 0 Å². The molecule has 0 aromatic heterocycles. The monoisotopic (exact) mass is 282 g/mol. The summed E-state index contributed by atoms with van der Waals surface area (Å²) in [6.07, 6.45) is 1.59. The third-order valence-corrected chi connectivity index (χ3v) is 3.67. The molecule has 0 saturated heterocycles. The van der Waals surface area contributed by atoms with Crippen molar-refractivity contribution >= 4 is 21.7 Å². The third kappa shape index (κ3) is 2.01. The number of hydrogen-bond acceptors (Lipinski definition) is 2. The van der Waals surface area contributed by atoms with Crippen LogP contribution < -0.4 is 4.74 Å². The number of benzene rings is 1. The van der Waals surface area contributed by atoms with E-state index in [1.54, 1.807) is 0 Å². The average Bonchev–Trinajstić information content (AvgIpc) is 2.23. The Kier molecular flexibility index (Phi) is 3.33. The van der Waals surface area contributed by atoms with Crippen LogP contribution in [0.25, 0.3) is 0 Å². The van der Waals surface area contributed by atoms with Crippen molar-refractivity contribution in [2.24, 2.45) is 0 Å². The molecule has 1 aromatic rings. The molecule has 0 spiro atoms. The number of hydrogen-bond donors (Lipinski definition) is 0. The molecule has 0 radical (unpaired) electrons. The van der Waals surface area contributed by atoms with Gasteiger partial charge in [0.1, 0.15) is 5.75 Å². The Morgan fingerprint density at radius 1 is 1.50 bits per heavy atom. The van der Waals surface area contributed by atoms with Gasteiger partial charge in [-0.05, 0) is 37.0 Å². The fourth-order valence-electron chi connectivity index (χ4n) is 2.20. The molecule has 1 aliphatic rings. The van der Waals surface area contributed by atoms with Gasteiger partial charge in [-0.3, -0.25) is 4.79 Å². The van der Waals surface area contributed by atoms with Crippen molar-refractivity contribution in [3.05, 3.63) is 27.7 Å². The minimum Gasteiger partial charge on any atom is -0.494 e. The van der Waals surface area contributed by atoms with Gasteiger partial charge in [0.05, 0.1) is 6.61 Å². The number of carbonyl (C=O) groups is 1. The molecule has 0 aliphatic heterocycles. The molecular weight excluding hydrogens is 268 g/mol. The van der Waals surface area contributed by atoms with Crippen LogP contribution in [0.5, 0.6) is 5.75 Å². The van der Waals surface area contributed by atoms with E-state index in [0.29, 0.717) is 18.9 Å². The summed E-state index contributed by atoms with van der Waals surface area (Å²) in [6.45, 7) is 4.73. The molecule has 3 heteroatoms. The van der Waals surface area contributed by atoms with Crippen molar-refractivity contribution in [1.82, 2.24) is 0 Å². The molecule has 1 unspecified atom stereocenters. The molecule has 0 fully saturated rings. The maximum Gasteiger partial charge on any atom is 0.163 e. The van der Waals surface area contributed by atoms with E-state index in [2.05, 4.69) is 22.9 Å². The highest BCUT2D eigenvalue weighted by molar-refractivity contribution is 9.10. The summed E-state index contributed by atoms with van der Waals surface area (Å²) < 4.78 is 6.45. The lowest BCUT2D eigenvalue weighted by Crippen LogP contribution is -2.14. The van der Waals surface area contributed by atoms with Crippen molar-refractivity contribution in [3.8, 4) is 5.75 Å². The molecule has 0 heterocycles. The standard InChI is InChI=1S/C13H15BrO2/c1-3-16-9-6-10-12(15)5-4-8(2)13(10)11(14)7-9/h6-8H,3-5H2,1-2H3. The SMILES string of the molecule is CCOc1cc(Br)c2c(c1)C(=O)CCC2C. The van der Waals surface area contributed by atoms with Gasteiger partial charge in [0.2, 0.25) is 0 Å². The first-order valence-corrected chi connectivity index (χ1v) is 6.42. The van der Waals surface area contributed by atoms with Gasteiger partial charge >= 0.3 is 0 Å². The first-order valence-electron chi connectivity index (χ1n) is 5.63. The van der Waals surface area contributed by atoms with Crippen LogP contribution in [0.15, 0.2) is 16.6 Å². The average molecular weight is 283 g/mol. The molecule has 1 aromatic carbocycles. The highest BCUT2D eigenvalue weighted by Gasteiger charge is 2.25. The zero-order chi connectivity index (χ0) is 11.7. The van der Waals surface area contributed by atoms with E-state index in [9.17, 15) is 4.79 Å². The Hall–Kier alpha value is -0.830. The Morgan fingerprint density at radius 3 is 2.94 bits per heavy atom. The highest BCUT2D eigenvalue weighted by Crippen LogP contribution is 2.38. The van der Waals surface area contributed by atoms with Crippen LogP contribution in [0, 0.1) is 0 Å². The van der Waals surface area contributed by atoms with Crippen molar-refractivity contribution in [3.63, 3.8) is 0 Å². The van der Waals surface area contributed by atoms with Crippen molar-refractivity contribution in [2.75, 3.05) is 6.61 Å². The number of fused-ring (bicyclic) bond motifs is 1. The predicted molar refractivity (Wildman–Crippen MR) is 67.3 cm³/mol. The van der Waals surface area contributed by atoms with E-state index in [4.69, 9.17) is 4.74 Å². The van der Waals surface area contributed by atoms with Gasteiger partial charge in [-0.2, -0.15) is 0 Å². The first-order chi connectivity index (χ1) is 7.63. The highest BCUT2D eigenvalue weighted by atomic mass is 79.9. The molecule has 0 amide bonds.